The van der Waals surface area contributed by atoms with Crippen LogP contribution in [0.3, 0.4) is 0 Å². The van der Waals surface area contributed by atoms with Gasteiger partial charge in [0, 0.05) is 18.0 Å². The van der Waals surface area contributed by atoms with Gasteiger partial charge in [0.2, 0.25) is 11.8 Å². The zero-order valence-corrected chi connectivity index (χ0v) is 18.5. The van der Waals surface area contributed by atoms with Gasteiger partial charge in [-0.2, -0.15) is 18.4 Å². The Kier molecular flexibility index (Phi) is 5.18. The first kappa shape index (κ1) is 22.7. The van der Waals surface area contributed by atoms with E-state index in [1.807, 2.05) is 6.07 Å². The standard InChI is InChI=1S/C23H26F3N5O3/c24-23(25,26)17-3-2-15(29-17)20(34)31-12-21(4-1-5-21)10-16(31)19(33)28-14(11-27)8-13-9-22(6-7-22)30-18(13)32/h2-3,13-14,16,29H,1,4-10,12H2,(H,28,33)(H,30,32). The molecule has 2 saturated carbocycles. The summed E-state index contributed by atoms with van der Waals surface area (Å²) in [5, 5.41) is 15.3. The number of hydrogen-bond donors (Lipinski definition) is 3. The second-order valence-corrected chi connectivity index (χ2v) is 10.4. The maximum Gasteiger partial charge on any atom is 0.431 e. The van der Waals surface area contributed by atoms with Crippen LogP contribution in [-0.4, -0.2) is 51.8 Å². The minimum Gasteiger partial charge on any atom is -0.350 e. The van der Waals surface area contributed by atoms with Crippen LogP contribution in [0.15, 0.2) is 12.1 Å². The van der Waals surface area contributed by atoms with E-state index in [0.29, 0.717) is 12.8 Å². The van der Waals surface area contributed by atoms with Crippen molar-refractivity contribution in [2.24, 2.45) is 11.3 Å². The van der Waals surface area contributed by atoms with Crippen LogP contribution in [0.4, 0.5) is 13.2 Å². The number of aromatic nitrogens is 1. The molecule has 5 rings (SSSR count). The highest BCUT2D eigenvalue weighted by molar-refractivity contribution is 5.97. The highest BCUT2D eigenvalue weighted by Gasteiger charge is 2.54. The van der Waals surface area contributed by atoms with Gasteiger partial charge >= 0.3 is 6.18 Å². The molecule has 2 saturated heterocycles. The molecule has 2 aliphatic heterocycles. The van der Waals surface area contributed by atoms with Crippen molar-refractivity contribution in [3.63, 3.8) is 0 Å². The molecular weight excluding hydrogens is 451 g/mol. The maximum absolute atomic E-state index is 13.2. The van der Waals surface area contributed by atoms with Gasteiger partial charge in [-0.1, -0.05) is 6.42 Å². The Hall–Kier alpha value is -3.03. The highest BCUT2D eigenvalue weighted by Crippen LogP contribution is 2.51. The Bertz CT molecular complexity index is 1070. The van der Waals surface area contributed by atoms with Gasteiger partial charge in [-0.15, -0.1) is 0 Å². The predicted octanol–water partition coefficient (Wildman–Crippen LogP) is 2.49. The van der Waals surface area contributed by atoms with Crippen molar-refractivity contribution in [1.29, 1.82) is 5.26 Å². The van der Waals surface area contributed by atoms with Crippen molar-refractivity contribution in [2.75, 3.05) is 6.54 Å². The molecule has 0 radical (unpaired) electrons. The SMILES string of the molecule is N#CC(CC1CC2(CC2)NC1=O)NC(=O)C1CC2(CCC2)CN1C(=O)c1ccc(C(F)(F)F)[nH]1. The van der Waals surface area contributed by atoms with Crippen molar-refractivity contribution >= 4 is 17.7 Å². The van der Waals surface area contributed by atoms with E-state index < -0.39 is 35.8 Å². The highest BCUT2D eigenvalue weighted by atomic mass is 19.4. The molecular formula is C23H26F3N5O3. The summed E-state index contributed by atoms with van der Waals surface area (Å²) in [6.45, 7) is 0.287. The lowest BCUT2D eigenvalue weighted by atomic mass is 9.67. The van der Waals surface area contributed by atoms with Gasteiger partial charge in [0.15, 0.2) is 0 Å². The fourth-order valence-electron chi connectivity index (χ4n) is 5.73. The number of rotatable bonds is 5. The third kappa shape index (κ3) is 4.03. The molecule has 182 valence electrons. The average Bonchev–Trinajstić information content (AvgIpc) is 3.14. The first-order valence-electron chi connectivity index (χ1n) is 11.6. The first-order valence-corrected chi connectivity index (χ1v) is 11.6. The van der Waals surface area contributed by atoms with Crippen molar-refractivity contribution in [3.05, 3.63) is 23.5 Å². The lowest BCUT2D eigenvalue weighted by molar-refractivity contribution is -0.140. The van der Waals surface area contributed by atoms with Crippen LogP contribution in [0.5, 0.6) is 0 Å². The number of hydrogen-bond acceptors (Lipinski definition) is 4. The van der Waals surface area contributed by atoms with Crippen LogP contribution in [0.25, 0.3) is 0 Å². The largest absolute Gasteiger partial charge is 0.431 e. The molecule has 1 aromatic rings. The van der Waals surface area contributed by atoms with Gasteiger partial charge in [0.05, 0.1) is 6.07 Å². The summed E-state index contributed by atoms with van der Waals surface area (Å²) in [5.74, 6) is -1.64. The Morgan fingerprint density at radius 2 is 1.97 bits per heavy atom. The van der Waals surface area contributed by atoms with Crippen molar-refractivity contribution < 1.29 is 27.6 Å². The van der Waals surface area contributed by atoms with E-state index in [1.165, 1.54) is 4.90 Å². The molecule has 2 aliphatic carbocycles. The summed E-state index contributed by atoms with van der Waals surface area (Å²) in [7, 11) is 0. The summed E-state index contributed by atoms with van der Waals surface area (Å²) in [5.41, 5.74) is -1.61. The number of nitrogens with one attached hydrogen (secondary N) is 3. The van der Waals surface area contributed by atoms with Gasteiger partial charge in [-0.3, -0.25) is 14.4 Å². The van der Waals surface area contributed by atoms with Crippen LogP contribution in [0.1, 0.15) is 67.5 Å². The van der Waals surface area contributed by atoms with Crippen LogP contribution in [-0.2, 0) is 15.8 Å². The van der Waals surface area contributed by atoms with E-state index in [0.717, 1.165) is 44.2 Å². The minimum atomic E-state index is -4.61. The lowest BCUT2D eigenvalue weighted by Crippen LogP contribution is -2.49. The second-order valence-electron chi connectivity index (χ2n) is 10.4. The number of carbonyl (C=O) groups is 3. The van der Waals surface area contributed by atoms with E-state index in [2.05, 4.69) is 15.6 Å². The number of H-pyrrole nitrogens is 1. The third-order valence-corrected chi connectivity index (χ3v) is 7.95. The number of alkyl halides is 3. The van der Waals surface area contributed by atoms with Gasteiger partial charge in [0.25, 0.3) is 5.91 Å². The van der Waals surface area contributed by atoms with Crippen molar-refractivity contribution in [2.45, 2.75) is 75.2 Å². The number of likely N-dealkylation sites (tertiary alicyclic amines) is 1. The Balaban J connectivity index is 1.29. The molecule has 3 amide bonds. The van der Waals surface area contributed by atoms with Crippen LogP contribution < -0.4 is 10.6 Å². The smallest absolute Gasteiger partial charge is 0.350 e. The summed E-state index contributed by atoms with van der Waals surface area (Å²) < 4.78 is 38.9. The third-order valence-electron chi connectivity index (χ3n) is 7.95. The van der Waals surface area contributed by atoms with E-state index in [4.69, 9.17) is 0 Å². The minimum absolute atomic E-state index is 0.106. The normalized spacial score (nSPS) is 27.2. The molecule has 4 fully saturated rings. The summed E-state index contributed by atoms with van der Waals surface area (Å²) in [6, 6.07) is 2.16. The van der Waals surface area contributed by atoms with E-state index >= 15 is 0 Å². The molecule has 1 aromatic heterocycles. The molecule has 34 heavy (non-hydrogen) atoms. The maximum atomic E-state index is 13.2. The number of nitrogens with zero attached hydrogens (tertiary/aromatic N) is 2. The molecule has 2 spiro atoms. The number of amides is 3. The van der Waals surface area contributed by atoms with Crippen LogP contribution in [0, 0.1) is 22.7 Å². The summed E-state index contributed by atoms with van der Waals surface area (Å²) >= 11 is 0. The number of halogens is 3. The van der Waals surface area contributed by atoms with E-state index in [1.54, 1.807) is 0 Å². The molecule has 3 unspecified atom stereocenters. The molecule has 3 N–H and O–H groups in total. The Morgan fingerprint density at radius 3 is 2.50 bits per heavy atom. The lowest BCUT2D eigenvalue weighted by Gasteiger charge is -2.37. The van der Waals surface area contributed by atoms with Crippen molar-refractivity contribution in [3.8, 4) is 6.07 Å². The first-order chi connectivity index (χ1) is 16.0. The molecule has 3 atom stereocenters. The predicted molar refractivity (Wildman–Crippen MR) is 112 cm³/mol. The Labute approximate surface area is 194 Å². The second kappa shape index (κ2) is 7.75. The van der Waals surface area contributed by atoms with Crippen LogP contribution in [0.2, 0.25) is 0 Å². The molecule has 8 nitrogen and oxygen atoms in total. The molecule has 0 aromatic carbocycles. The molecule has 3 heterocycles. The Morgan fingerprint density at radius 1 is 1.24 bits per heavy atom. The summed E-state index contributed by atoms with van der Waals surface area (Å²) in [6.07, 6.45) is 1.12. The van der Waals surface area contributed by atoms with Crippen molar-refractivity contribution in [1.82, 2.24) is 20.5 Å². The fourth-order valence-corrected chi connectivity index (χ4v) is 5.73. The van der Waals surface area contributed by atoms with E-state index in [-0.39, 0.29) is 41.4 Å². The van der Waals surface area contributed by atoms with Gasteiger partial charge in [0.1, 0.15) is 23.5 Å². The zero-order valence-electron chi connectivity index (χ0n) is 18.5. The van der Waals surface area contributed by atoms with Crippen LogP contribution >= 0.6 is 0 Å². The van der Waals surface area contributed by atoms with E-state index in [9.17, 15) is 32.8 Å². The van der Waals surface area contributed by atoms with Gasteiger partial charge < -0.3 is 20.5 Å². The quantitative estimate of drug-likeness (QED) is 0.604. The monoisotopic (exact) mass is 477 g/mol. The number of carbonyl (C=O) groups excluding carboxylic acids is 3. The molecule has 4 aliphatic rings. The molecule has 11 heteroatoms. The number of aromatic amines is 1. The topological polar surface area (TPSA) is 118 Å². The van der Waals surface area contributed by atoms with Gasteiger partial charge in [-0.25, -0.2) is 0 Å². The average molecular weight is 477 g/mol. The number of nitriles is 1. The summed E-state index contributed by atoms with van der Waals surface area (Å²) in [4.78, 5) is 42.0. The zero-order chi connectivity index (χ0) is 24.3. The molecule has 0 bridgehead atoms. The van der Waals surface area contributed by atoms with Gasteiger partial charge in [-0.05, 0) is 62.5 Å². The fraction of sp³-hybridized carbons (Fsp3) is 0.652.